The number of aliphatic carboxylic acids is 1. The molecule has 1 atom stereocenters. The Morgan fingerprint density at radius 3 is 1.88 bits per heavy atom. The fourth-order valence-electron chi connectivity index (χ4n) is 0.653. The van der Waals surface area contributed by atoms with Crippen LogP contribution in [0.3, 0.4) is 0 Å². The SMILES string of the molecule is CC([C-]=O)N(C[C-]=O)CC(=O)[O-].[Na+].[Na+].[Na+].[OH-].[OH-]. The Morgan fingerprint density at radius 1 is 1.24 bits per heavy atom. The minimum Gasteiger partial charge on any atom is -0.870 e. The Labute approximate surface area is 166 Å². The van der Waals surface area contributed by atoms with Crippen LogP contribution in [0.1, 0.15) is 6.92 Å². The minimum absolute atomic E-state index is 0. The van der Waals surface area contributed by atoms with Crippen LogP contribution in [0.5, 0.6) is 0 Å². The van der Waals surface area contributed by atoms with Crippen LogP contribution >= 0.6 is 0 Å². The minimum atomic E-state index is -1.34. The van der Waals surface area contributed by atoms with Crippen LogP contribution in [0.2, 0.25) is 0 Å². The molecular formula is C7H10NNa3O6-2. The molecule has 0 aromatic carbocycles. The first kappa shape index (κ1) is 36.3. The number of nitrogens with zero attached hydrogens (tertiary/aromatic N) is 1. The summed E-state index contributed by atoms with van der Waals surface area (Å²) in [5.41, 5.74) is 0. The number of carboxylic acid groups (broad SMARTS) is 1. The number of rotatable bonds is 6. The van der Waals surface area contributed by atoms with Crippen molar-refractivity contribution in [1.29, 1.82) is 0 Å². The predicted molar refractivity (Wildman–Crippen MR) is 41.3 cm³/mol. The van der Waals surface area contributed by atoms with Gasteiger partial charge in [-0.2, -0.15) is 0 Å². The molecule has 0 rings (SSSR count). The first-order valence-electron chi connectivity index (χ1n) is 3.28. The van der Waals surface area contributed by atoms with Crippen LogP contribution in [0, 0.1) is 0 Å². The molecule has 0 aliphatic carbocycles. The van der Waals surface area contributed by atoms with E-state index in [9.17, 15) is 19.5 Å². The maximum atomic E-state index is 10.1. The monoisotopic (exact) mass is 273 g/mol. The summed E-state index contributed by atoms with van der Waals surface area (Å²) < 4.78 is 0. The average Bonchev–Trinajstić information content (AvgIpc) is 2.01. The van der Waals surface area contributed by atoms with E-state index >= 15 is 0 Å². The van der Waals surface area contributed by atoms with E-state index in [1.54, 1.807) is 6.29 Å². The van der Waals surface area contributed by atoms with Crippen molar-refractivity contribution in [3.05, 3.63) is 0 Å². The molecule has 1 unspecified atom stereocenters. The Morgan fingerprint density at radius 2 is 1.65 bits per heavy atom. The number of hydrogen-bond donors (Lipinski definition) is 0. The molecule has 0 saturated heterocycles. The summed E-state index contributed by atoms with van der Waals surface area (Å²) in [5, 5.41) is 10.1. The summed E-state index contributed by atoms with van der Waals surface area (Å²) >= 11 is 0. The molecule has 10 heteroatoms. The van der Waals surface area contributed by atoms with Crippen molar-refractivity contribution in [3.8, 4) is 0 Å². The second kappa shape index (κ2) is 22.8. The molecule has 0 amide bonds. The zero-order valence-corrected chi connectivity index (χ0v) is 16.5. The second-order valence-corrected chi connectivity index (χ2v) is 2.22. The fraction of sp³-hybridized carbons (Fsp3) is 0.571. The number of carboxylic acids is 1. The summed E-state index contributed by atoms with van der Waals surface area (Å²) in [5.74, 6) is -1.34. The molecule has 0 aliphatic heterocycles. The third kappa shape index (κ3) is 20.2. The molecule has 0 fully saturated rings. The summed E-state index contributed by atoms with van der Waals surface area (Å²) in [6.07, 6.45) is 3.06. The molecule has 17 heavy (non-hydrogen) atoms. The van der Waals surface area contributed by atoms with Crippen LogP contribution in [-0.2, 0) is 14.4 Å². The van der Waals surface area contributed by atoms with Crippen molar-refractivity contribution >= 4 is 18.5 Å². The van der Waals surface area contributed by atoms with E-state index in [2.05, 4.69) is 0 Å². The maximum absolute atomic E-state index is 10.1. The number of carbonyl (C=O) groups excluding carboxylic acids is 3. The van der Waals surface area contributed by atoms with Crippen molar-refractivity contribution in [3.63, 3.8) is 0 Å². The Bertz CT molecular complexity index is 194. The van der Waals surface area contributed by atoms with Gasteiger partial charge in [-0.25, -0.2) is 6.29 Å². The van der Waals surface area contributed by atoms with E-state index in [-0.39, 0.29) is 106 Å². The normalized spacial score (nSPS) is 8.82. The van der Waals surface area contributed by atoms with Gasteiger partial charge in [-0.05, 0) is 0 Å². The van der Waals surface area contributed by atoms with Gasteiger partial charge in [0.05, 0.1) is 5.97 Å². The third-order valence-electron chi connectivity index (χ3n) is 1.32. The predicted octanol–water partition coefficient (Wildman–Crippen LogP) is -11.7. The molecule has 0 heterocycles. The number of hydrogen-bond acceptors (Lipinski definition) is 7. The first-order valence-corrected chi connectivity index (χ1v) is 3.28. The van der Waals surface area contributed by atoms with Crippen molar-refractivity contribution in [2.24, 2.45) is 0 Å². The Balaban J connectivity index is -0.0000000605. The van der Waals surface area contributed by atoms with Gasteiger partial charge in [-0.15, -0.1) is 6.54 Å². The van der Waals surface area contributed by atoms with E-state index in [0.717, 1.165) is 4.90 Å². The molecule has 0 aromatic rings. The Kier molecular flexibility index (Phi) is 48.8. The quantitative estimate of drug-likeness (QED) is 0.346. The largest absolute Gasteiger partial charge is 1.00 e. The van der Waals surface area contributed by atoms with E-state index in [1.807, 2.05) is 0 Å². The van der Waals surface area contributed by atoms with Gasteiger partial charge >= 0.3 is 88.7 Å². The van der Waals surface area contributed by atoms with Gasteiger partial charge < -0.3 is 35.3 Å². The van der Waals surface area contributed by atoms with E-state index in [4.69, 9.17) is 0 Å². The zero-order valence-electron chi connectivity index (χ0n) is 10.5. The summed E-state index contributed by atoms with van der Waals surface area (Å²) in [6, 6.07) is -0.732. The smallest absolute Gasteiger partial charge is 0.870 e. The number of carbonyl (C=O) groups is 1. The van der Waals surface area contributed by atoms with Crippen molar-refractivity contribution in [2.75, 3.05) is 13.1 Å². The summed E-state index contributed by atoms with van der Waals surface area (Å²) in [4.78, 5) is 31.2. The van der Waals surface area contributed by atoms with Crippen molar-refractivity contribution < 1.29 is 119 Å². The zero-order chi connectivity index (χ0) is 9.56. The maximum Gasteiger partial charge on any atom is 1.00 e. The van der Waals surface area contributed by atoms with Gasteiger partial charge in [0.15, 0.2) is 0 Å². The van der Waals surface area contributed by atoms with Gasteiger partial charge in [-0.1, -0.05) is 13.0 Å². The third-order valence-corrected chi connectivity index (χ3v) is 1.32. The van der Waals surface area contributed by atoms with Crippen LogP contribution in [-0.4, -0.2) is 53.5 Å². The molecule has 0 radical (unpaired) electrons. The first-order chi connectivity index (χ1) is 5.61. The molecule has 0 bridgehead atoms. The molecule has 0 aliphatic rings. The molecule has 2 N–H and O–H groups in total. The van der Waals surface area contributed by atoms with E-state index in [0.29, 0.717) is 0 Å². The molecule has 0 spiro atoms. The standard InChI is InChI=1S/C7H9NO4.3Na.2H2O/c1-6(5-10)8(2-3-9)4-7(11)12;;;;;/h6H,2,4H2,1H3,(H,11,12);;;;2*1H2/q-2;3*+1;;/p-3. The molecule has 7 nitrogen and oxygen atoms in total. The molecular weight excluding hydrogens is 263 g/mol. The van der Waals surface area contributed by atoms with Gasteiger partial charge in [0.2, 0.25) is 0 Å². The van der Waals surface area contributed by atoms with Gasteiger partial charge in [0, 0.05) is 6.54 Å². The van der Waals surface area contributed by atoms with E-state index in [1.165, 1.54) is 13.2 Å². The van der Waals surface area contributed by atoms with Gasteiger partial charge in [0.25, 0.3) is 0 Å². The van der Waals surface area contributed by atoms with Gasteiger partial charge in [0.1, 0.15) is 0 Å². The van der Waals surface area contributed by atoms with Crippen LogP contribution in [0.15, 0.2) is 0 Å². The molecule has 0 aromatic heterocycles. The Hall–Kier alpha value is 1.69. The van der Waals surface area contributed by atoms with Crippen LogP contribution in [0.4, 0.5) is 0 Å². The van der Waals surface area contributed by atoms with Gasteiger partial charge in [-0.3, -0.25) is 6.29 Å². The van der Waals surface area contributed by atoms with Crippen molar-refractivity contribution in [1.82, 2.24) is 4.90 Å². The van der Waals surface area contributed by atoms with Crippen LogP contribution in [0.25, 0.3) is 0 Å². The molecule has 0 saturated carbocycles. The summed E-state index contributed by atoms with van der Waals surface area (Å²) in [7, 11) is 0. The average molecular weight is 273 g/mol. The second-order valence-electron chi connectivity index (χ2n) is 2.22. The summed E-state index contributed by atoms with van der Waals surface area (Å²) in [6.45, 7) is 0.739. The van der Waals surface area contributed by atoms with Crippen molar-refractivity contribution in [2.45, 2.75) is 13.0 Å². The fourth-order valence-corrected chi connectivity index (χ4v) is 0.653. The topological polar surface area (TPSA) is 138 Å². The van der Waals surface area contributed by atoms with Crippen LogP contribution < -0.4 is 93.8 Å². The van der Waals surface area contributed by atoms with E-state index < -0.39 is 18.6 Å². The molecule has 84 valence electrons.